The zero-order valence-electron chi connectivity index (χ0n) is 53.2. The topological polar surface area (TPSA) is 78.9 Å². The van der Waals surface area contributed by atoms with E-state index < -0.39 is 6.10 Å². The molecule has 0 saturated heterocycles. The predicted molar refractivity (Wildman–Crippen MR) is 357 cm³/mol. The molecular weight excluding hydrogens is 1010 g/mol. The lowest BCUT2D eigenvalue weighted by Crippen LogP contribution is -2.30. The molecule has 0 radical (unpaired) electrons. The van der Waals surface area contributed by atoms with Crippen molar-refractivity contribution in [3.05, 3.63) is 146 Å². The maximum Gasteiger partial charge on any atom is 0.306 e. The van der Waals surface area contributed by atoms with Crippen LogP contribution in [-0.4, -0.2) is 37.2 Å². The first-order valence-electron chi connectivity index (χ1n) is 33.8. The molecule has 0 aliphatic carbocycles. The number of rotatable bonds is 60. The molecule has 1 atom stereocenters. The van der Waals surface area contributed by atoms with Crippen LogP contribution in [0.15, 0.2) is 146 Å². The number of allylic oxidation sites excluding steroid dienone is 24. The number of unbranched alkanes of at least 4 members (excludes halogenated alkanes) is 25. The molecule has 0 aliphatic heterocycles. The van der Waals surface area contributed by atoms with Gasteiger partial charge in [0.15, 0.2) is 6.10 Å². The van der Waals surface area contributed by atoms with E-state index in [2.05, 4.69) is 167 Å². The molecule has 6 nitrogen and oxygen atoms in total. The highest BCUT2D eigenvalue weighted by molar-refractivity contribution is 5.71. The van der Waals surface area contributed by atoms with Gasteiger partial charge in [0.2, 0.25) is 0 Å². The number of ether oxygens (including phenoxy) is 3. The number of esters is 3. The summed E-state index contributed by atoms with van der Waals surface area (Å²) < 4.78 is 16.9. The minimum Gasteiger partial charge on any atom is -0.462 e. The van der Waals surface area contributed by atoms with Gasteiger partial charge in [0.25, 0.3) is 0 Å². The quantitative estimate of drug-likeness (QED) is 0.0261. The van der Waals surface area contributed by atoms with Crippen molar-refractivity contribution in [2.75, 3.05) is 13.2 Å². The van der Waals surface area contributed by atoms with Crippen molar-refractivity contribution in [3.8, 4) is 0 Å². The molecule has 0 spiro atoms. The first-order chi connectivity index (χ1) is 40.5. The largest absolute Gasteiger partial charge is 0.462 e. The predicted octanol–water partition coefficient (Wildman–Crippen LogP) is 23.5. The Labute approximate surface area is 506 Å². The number of carbonyl (C=O) groups is 3. The van der Waals surface area contributed by atoms with E-state index in [9.17, 15) is 14.4 Å². The fraction of sp³-hybridized carbons (Fsp3) is 0.645. The Morgan fingerprint density at radius 3 is 0.780 bits per heavy atom. The van der Waals surface area contributed by atoms with Gasteiger partial charge >= 0.3 is 17.9 Å². The Balaban J connectivity index is 4.43. The minimum absolute atomic E-state index is 0.104. The summed E-state index contributed by atoms with van der Waals surface area (Å²) >= 11 is 0. The van der Waals surface area contributed by atoms with Crippen molar-refractivity contribution in [2.45, 2.75) is 303 Å². The molecule has 0 aromatic heterocycles. The highest BCUT2D eigenvalue weighted by atomic mass is 16.6. The van der Waals surface area contributed by atoms with Gasteiger partial charge in [-0.15, -0.1) is 0 Å². The molecule has 0 amide bonds. The molecule has 82 heavy (non-hydrogen) atoms. The van der Waals surface area contributed by atoms with E-state index in [1.165, 1.54) is 128 Å². The standard InChI is InChI=1S/C76H124O6/c1-4-7-10-13-16-19-22-25-28-30-32-34-36-37-38-39-41-42-44-46-48-51-54-57-60-63-66-69-75(78)81-72-73(71-80-74(77)68-65-62-59-56-53-50-27-24-21-18-15-12-9-6-3)82-76(79)70-67-64-61-58-55-52-49-47-45-43-40-35-33-31-29-26-23-20-17-14-11-8-5-2/h7-8,10-11,16-17,19-20,25-26,28-29,32-35,37-38,43,45,49,52,58,61,73H,4-6,9,12-15,18,21-24,27,30-31,36,39-42,44,46-48,50-51,53-57,59-60,62-72H2,1-3H3/b10-7-,11-8-,19-16-,20-17-,28-25-,29-26-,34-32-,35-33-,38-37-,45-43-,52-49-,61-58-. The zero-order valence-corrected chi connectivity index (χ0v) is 53.2. The first-order valence-corrected chi connectivity index (χ1v) is 33.8. The molecule has 0 rings (SSSR count). The minimum atomic E-state index is -0.815. The summed E-state index contributed by atoms with van der Waals surface area (Å²) in [7, 11) is 0. The second kappa shape index (κ2) is 68.8. The highest BCUT2D eigenvalue weighted by Crippen LogP contribution is 2.16. The molecule has 0 heterocycles. The molecular formula is C76H124O6. The van der Waals surface area contributed by atoms with Gasteiger partial charge < -0.3 is 14.2 Å². The maximum absolute atomic E-state index is 12.9. The van der Waals surface area contributed by atoms with Crippen LogP contribution in [0.5, 0.6) is 0 Å². The van der Waals surface area contributed by atoms with Crippen LogP contribution >= 0.6 is 0 Å². The Hall–Kier alpha value is -4.71. The third-order valence-corrected chi connectivity index (χ3v) is 14.1. The van der Waals surface area contributed by atoms with Crippen LogP contribution in [-0.2, 0) is 28.6 Å². The first kappa shape index (κ1) is 77.3. The second-order valence-corrected chi connectivity index (χ2v) is 22.0. The molecule has 0 fully saturated rings. The van der Waals surface area contributed by atoms with Gasteiger partial charge in [-0.25, -0.2) is 0 Å². The third kappa shape index (κ3) is 66.1. The van der Waals surface area contributed by atoms with E-state index >= 15 is 0 Å². The monoisotopic (exact) mass is 1130 g/mol. The van der Waals surface area contributed by atoms with Gasteiger partial charge in [-0.05, 0) is 116 Å². The molecule has 0 aromatic carbocycles. The highest BCUT2D eigenvalue weighted by Gasteiger charge is 2.19. The lowest BCUT2D eigenvalue weighted by atomic mass is 10.0. The van der Waals surface area contributed by atoms with E-state index in [0.717, 1.165) is 122 Å². The number of hydrogen-bond donors (Lipinski definition) is 0. The molecule has 0 bridgehead atoms. The Kier molecular flexibility index (Phi) is 64.8. The third-order valence-electron chi connectivity index (χ3n) is 14.1. The SMILES string of the molecule is CC/C=C\C/C=C\C/C=C\C/C=C\C/C=C\C/C=C\C/C=C\CCCC(=O)OC(COC(=O)CCCCCCCCCCCCC/C=C\C/C=C\C/C=C\C/C=C\C/C=C\CC)COC(=O)CCCCCCCCCCCCCCCC. The summed E-state index contributed by atoms with van der Waals surface area (Å²) in [6.07, 6.45) is 98.6. The normalized spacial score (nSPS) is 13.1. The van der Waals surface area contributed by atoms with E-state index in [-0.39, 0.29) is 37.5 Å². The Morgan fingerprint density at radius 2 is 0.488 bits per heavy atom. The van der Waals surface area contributed by atoms with E-state index in [4.69, 9.17) is 14.2 Å². The molecule has 464 valence electrons. The van der Waals surface area contributed by atoms with Crippen molar-refractivity contribution >= 4 is 17.9 Å². The average molecular weight is 1130 g/mol. The zero-order chi connectivity index (χ0) is 59.2. The molecule has 0 aliphatic rings. The molecule has 0 saturated carbocycles. The van der Waals surface area contributed by atoms with Crippen molar-refractivity contribution in [1.82, 2.24) is 0 Å². The van der Waals surface area contributed by atoms with E-state index in [1.54, 1.807) is 0 Å². The van der Waals surface area contributed by atoms with Gasteiger partial charge in [0, 0.05) is 19.3 Å². The molecule has 0 aromatic rings. The van der Waals surface area contributed by atoms with Crippen molar-refractivity contribution in [1.29, 1.82) is 0 Å². The fourth-order valence-electron chi connectivity index (χ4n) is 9.11. The van der Waals surface area contributed by atoms with Gasteiger partial charge in [-0.3, -0.25) is 14.4 Å². The summed E-state index contributed by atoms with van der Waals surface area (Å²) in [5.41, 5.74) is 0. The second-order valence-electron chi connectivity index (χ2n) is 22.0. The average Bonchev–Trinajstić information content (AvgIpc) is 3.47. The van der Waals surface area contributed by atoms with Crippen LogP contribution in [0.1, 0.15) is 297 Å². The smallest absolute Gasteiger partial charge is 0.306 e. The summed E-state index contributed by atoms with van der Waals surface area (Å²) in [4.78, 5) is 38.4. The van der Waals surface area contributed by atoms with E-state index in [0.29, 0.717) is 19.3 Å². The van der Waals surface area contributed by atoms with Gasteiger partial charge in [-0.2, -0.15) is 0 Å². The summed E-state index contributed by atoms with van der Waals surface area (Å²) in [5, 5.41) is 0. The van der Waals surface area contributed by atoms with Crippen molar-refractivity contribution < 1.29 is 28.6 Å². The number of carbonyl (C=O) groups excluding carboxylic acids is 3. The van der Waals surface area contributed by atoms with Crippen LogP contribution in [0.2, 0.25) is 0 Å². The van der Waals surface area contributed by atoms with Gasteiger partial charge in [0.1, 0.15) is 13.2 Å². The van der Waals surface area contributed by atoms with Crippen LogP contribution in [0.4, 0.5) is 0 Å². The van der Waals surface area contributed by atoms with Crippen LogP contribution in [0.3, 0.4) is 0 Å². The van der Waals surface area contributed by atoms with Crippen LogP contribution in [0, 0.1) is 0 Å². The van der Waals surface area contributed by atoms with Gasteiger partial charge in [0.05, 0.1) is 0 Å². The summed E-state index contributed by atoms with van der Waals surface area (Å²) in [5.74, 6) is -0.962. The Morgan fingerprint density at radius 1 is 0.256 bits per heavy atom. The van der Waals surface area contributed by atoms with Gasteiger partial charge in [-0.1, -0.05) is 308 Å². The number of hydrogen-bond acceptors (Lipinski definition) is 6. The maximum atomic E-state index is 12.9. The fourth-order valence-corrected chi connectivity index (χ4v) is 9.11. The lowest BCUT2D eigenvalue weighted by Gasteiger charge is -2.18. The van der Waals surface area contributed by atoms with Crippen LogP contribution in [0.25, 0.3) is 0 Å². The molecule has 0 N–H and O–H groups in total. The Bertz CT molecular complexity index is 1780. The van der Waals surface area contributed by atoms with Crippen molar-refractivity contribution in [3.63, 3.8) is 0 Å². The lowest BCUT2D eigenvalue weighted by molar-refractivity contribution is -0.167. The van der Waals surface area contributed by atoms with Crippen LogP contribution < -0.4 is 0 Å². The molecule has 6 heteroatoms. The van der Waals surface area contributed by atoms with E-state index in [1.807, 2.05) is 0 Å². The molecule has 1 unspecified atom stereocenters. The van der Waals surface area contributed by atoms with Crippen molar-refractivity contribution in [2.24, 2.45) is 0 Å². The summed E-state index contributed by atoms with van der Waals surface area (Å²) in [6, 6.07) is 0. The summed E-state index contributed by atoms with van der Waals surface area (Å²) in [6.45, 7) is 6.38.